The number of hydrogen-bond acceptors (Lipinski definition) is 3. The van der Waals surface area contributed by atoms with Gasteiger partial charge in [0.15, 0.2) is 0 Å². The second-order valence-corrected chi connectivity index (χ2v) is 1.70. The van der Waals surface area contributed by atoms with Crippen molar-refractivity contribution in [2.24, 2.45) is 0 Å². The molecule has 0 fully saturated rings. The SMILES string of the molecule is N=C([O-])CCCS. The van der Waals surface area contributed by atoms with Crippen LogP contribution in [-0.2, 0) is 0 Å². The zero-order valence-electron chi connectivity index (χ0n) is 3.98. The maximum absolute atomic E-state index is 9.84. The molecule has 0 aliphatic carbocycles. The fraction of sp³-hybridized carbons (Fsp3) is 0.750. The molecule has 1 N–H and O–H groups in total. The van der Waals surface area contributed by atoms with Gasteiger partial charge in [-0.1, -0.05) is 0 Å². The van der Waals surface area contributed by atoms with Crippen LogP contribution in [0.1, 0.15) is 12.8 Å². The summed E-state index contributed by atoms with van der Waals surface area (Å²) in [6.07, 6.45) is 1.08. The van der Waals surface area contributed by atoms with Crippen LogP contribution in [0.3, 0.4) is 0 Å². The summed E-state index contributed by atoms with van der Waals surface area (Å²) in [5.74, 6) is 0.207. The van der Waals surface area contributed by atoms with E-state index >= 15 is 0 Å². The van der Waals surface area contributed by atoms with Gasteiger partial charge < -0.3 is 10.5 Å². The number of nitrogens with one attached hydrogen (secondary N) is 1. The summed E-state index contributed by atoms with van der Waals surface area (Å²) >= 11 is 3.86. The third-order valence-corrected chi connectivity index (χ3v) is 0.878. The zero-order chi connectivity index (χ0) is 5.70. The summed E-state index contributed by atoms with van der Waals surface area (Å²) in [6.45, 7) is 0. The highest BCUT2D eigenvalue weighted by Crippen LogP contribution is 1.87. The van der Waals surface area contributed by atoms with Crippen molar-refractivity contribution in [3.8, 4) is 0 Å². The Balaban J connectivity index is 2.82. The third-order valence-electron chi connectivity index (χ3n) is 0.562. The zero-order valence-corrected chi connectivity index (χ0v) is 4.87. The average Bonchev–Trinajstić information content (AvgIpc) is 1.61. The van der Waals surface area contributed by atoms with Crippen molar-refractivity contribution in [3.63, 3.8) is 0 Å². The maximum atomic E-state index is 9.84. The molecule has 2 nitrogen and oxygen atoms in total. The van der Waals surface area contributed by atoms with Crippen molar-refractivity contribution >= 4 is 18.5 Å². The van der Waals surface area contributed by atoms with E-state index < -0.39 is 5.90 Å². The van der Waals surface area contributed by atoms with Gasteiger partial charge in [-0.15, -0.1) is 0 Å². The molecule has 0 atom stereocenters. The van der Waals surface area contributed by atoms with Gasteiger partial charge in [-0.25, -0.2) is 0 Å². The van der Waals surface area contributed by atoms with Gasteiger partial charge in [0.25, 0.3) is 0 Å². The van der Waals surface area contributed by atoms with E-state index in [1.807, 2.05) is 0 Å². The molecule has 0 aromatic rings. The molecule has 0 bridgehead atoms. The smallest absolute Gasteiger partial charge is 0.00946 e. The standard InChI is InChI=1S/C4H9NOS/c5-4(6)2-1-3-7/h7H,1-3H2,(H2,5,6)/p-1. The van der Waals surface area contributed by atoms with E-state index in [9.17, 15) is 5.11 Å². The van der Waals surface area contributed by atoms with Crippen molar-refractivity contribution in [2.75, 3.05) is 5.75 Å². The molecule has 0 unspecified atom stereocenters. The number of hydrogen-bond donors (Lipinski definition) is 2. The summed E-state index contributed by atoms with van der Waals surface area (Å²) in [5.41, 5.74) is 0. The number of rotatable bonds is 3. The summed E-state index contributed by atoms with van der Waals surface area (Å²) in [4.78, 5) is 0. The normalized spacial score (nSPS) is 8.71. The Kier molecular flexibility index (Phi) is 3.89. The molecular formula is C4H8NOS-. The molecule has 0 amide bonds. The Morgan fingerprint density at radius 1 is 1.71 bits per heavy atom. The van der Waals surface area contributed by atoms with Crippen molar-refractivity contribution < 1.29 is 5.11 Å². The van der Waals surface area contributed by atoms with Crippen LogP contribution < -0.4 is 5.11 Å². The molecule has 0 heterocycles. The van der Waals surface area contributed by atoms with E-state index in [4.69, 9.17) is 5.41 Å². The molecule has 7 heavy (non-hydrogen) atoms. The third kappa shape index (κ3) is 5.82. The quantitative estimate of drug-likeness (QED) is 0.306. The van der Waals surface area contributed by atoms with Crippen LogP contribution in [0, 0.1) is 5.41 Å². The van der Waals surface area contributed by atoms with E-state index in [1.54, 1.807) is 0 Å². The lowest BCUT2D eigenvalue weighted by molar-refractivity contribution is -0.220. The molecule has 0 aromatic carbocycles. The Morgan fingerprint density at radius 3 is 2.43 bits per heavy atom. The first-order valence-electron chi connectivity index (χ1n) is 2.12. The highest BCUT2D eigenvalue weighted by Gasteiger charge is 1.78. The summed E-state index contributed by atoms with van der Waals surface area (Å²) in [6, 6.07) is 0. The summed E-state index contributed by atoms with van der Waals surface area (Å²) < 4.78 is 0. The van der Waals surface area contributed by atoms with Gasteiger partial charge >= 0.3 is 0 Å². The second kappa shape index (κ2) is 3.99. The minimum atomic E-state index is -0.492. The van der Waals surface area contributed by atoms with Crippen LogP contribution in [0.2, 0.25) is 0 Å². The average molecular weight is 118 g/mol. The van der Waals surface area contributed by atoms with Gasteiger partial charge in [0, 0.05) is 0 Å². The van der Waals surface area contributed by atoms with Crippen LogP contribution in [0.5, 0.6) is 0 Å². The lowest BCUT2D eigenvalue weighted by Gasteiger charge is -2.02. The molecule has 0 aromatic heterocycles. The fourth-order valence-electron chi connectivity index (χ4n) is 0.240. The van der Waals surface area contributed by atoms with Gasteiger partial charge in [-0.3, -0.25) is 0 Å². The van der Waals surface area contributed by atoms with Gasteiger partial charge in [0.05, 0.1) is 0 Å². The Hall–Kier alpha value is -0.180. The van der Waals surface area contributed by atoms with Gasteiger partial charge in [0.2, 0.25) is 0 Å². The summed E-state index contributed by atoms with van der Waals surface area (Å²) in [5, 5.41) is 16.2. The minimum Gasteiger partial charge on any atom is -0.862 e. The predicted molar refractivity (Wildman–Crippen MR) is 30.8 cm³/mol. The lowest BCUT2D eigenvalue weighted by atomic mass is 10.3. The molecule has 42 valence electrons. The van der Waals surface area contributed by atoms with Crippen molar-refractivity contribution in [2.45, 2.75) is 12.8 Å². The van der Waals surface area contributed by atoms with Crippen molar-refractivity contribution in [1.29, 1.82) is 5.41 Å². The van der Waals surface area contributed by atoms with Crippen LogP contribution in [0.15, 0.2) is 0 Å². The summed E-state index contributed by atoms with van der Waals surface area (Å²) in [7, 11) is 0. The predicted octanol–water partition coefficient (Wildman–Crippen LogP) is 0.0340. The van der Waals surface area contributed by atoms with Crippen molar-refractivity contribution in [3.05, 3.63) is 0 Å². The van der Waals surface area contributed by atoms with E-state index in [1.165, 1.54) is 0 Å². The fourth-order valence-corrected chi connectivity index (χ4v) is 0.398. The molecule has 0 saturated carbocycles. The molecule has 0 aliphatic rings. The monoisotopic (exact) mass is 118 g/mol. The first-order chi connectivity index (χ1) is 3.27. The maximum Gasteiger partial charge on any atom is -0.00946 e. The van der Waals surface area contributed by atoms with Crippen LogP contribution in [0.25, 0.3) is 0 Å². The topological polar surface area (TPSA) is 46.9 Å². The van der Waals surface area contributed by atoms with Crippen molar-refractivity contribution in [1.82, 2.24) is 0 Å². The van der Waals surface area contributed by atoms with Crippen LogP contribution in [0.4, 0.5) is 0 Å². The molecular weight excluding hydrogens is 110 g/mol. The molecule has 0 rings (SSSR count). The lowest BCUT2D eigenvalue weighted by Crippen LogP contribution is -2.14. The van der Waals surface area contributed by atoms with Gasteiger partial charge in [-0.05, 0) is 24.5 Å². The van der Waals surface area contributed by atoms with E-state index in [-0.39, 0.29) is 0 Å². The first-order valence-corrected chi connectivity index (χ1v) is 2.76. The highest BCUT2D eigenvalue weighted by atomic mass is 32.1. The Labute approximate surface area is 48.5 Å². The molecule has 0 aliphatic heterocycles. The second-order valence-electron chi connectivity index (χ2n) is 1.25. The van der Waals surface area contributed by atoms with E-state index in [0.29, 0.717) is 12.2 Å². The minimum absolute atomic E-state index is 0.351. The molecule has 0 saturated heterocycles. The number of thiol groups is 1. The van der Waals surface area contributed by atoms with Gasteiger partial charge in [-0.2, -0.15) is 12.6 Å². The Morgan fingerprint density at radius 2 is 2.29 bits per heavy atom. The highest BCUT2D eigenvalue weighted by molar-refractivity contribution is 7.80. The Bertz CT molecular complexity index is 64.7. The largest absolute Gasteiger partial charge is 0.862 e. The van der Waals surface area contributed by atoms with Crippen LogP contribution in [-0.4, -0.2) is 11.7 Å². The molecule has 3 heteroatoms. The van der Waals surface area contributed by atoms with E-state index in [0.717, 1.165) is 6.42 Å². The molecule has 0 radical (unpaired) electrons. The molecule has 0 spiro atoms. The van der Waals surface area contributed by atoms with E-state index in [2.05, 4.69) is 12.6 Å². The van der Waals surface area contributed by atoms with Gasteiger partial charge in [0.1, 0.15) is 0 Å². The van der Waals surface area contributed by atoms with Crippen LogP contribution >= 0.6 is 12.6 Å². The first kappa shape index (κ1) is 6.82.